The largest absolute Gasteiger partial charge is 0.480 e. The normalized spacial score (nSPS) is 16.5. The van der Waals surface area contributed by atoms with Crippen LogP contribution in [0.25, 0.3) is 0 Å². The van der Waals surface area contributed by atoms with Crippen molar-refractivity contribution < 1.29 is 18.3 Å². The lowest BCUT2D eigenvalue weighted by molar-refractivity contribution is -0.139. The summed E-state index contributed by atoms with van der Waals surface area (Å²) in [4.78, 5) is 10.6. The molecule has 1 atom stereocenters. The molecule has 1 N–H and O–H groups in total. The number of carbonyl (C=O) groups is 1. The van der Waals surface area contributed by atoms with Crippen molar-refractivity contribution in [2.45, 2.75) is 18.1 Å². The van der Waals surface area contributed by atoms with E-state index >= 15 is 0 Å². The minimum atomic E-state index is -3.60. The summed E-state index contributed by atoms with van der Waals surface area (Å²) in [7, 11) is -3.60. The molecule has 0 amide bonds. The summed E-state index contributed by atoms with van der Waals surface area (Å²) < 4.78 is 20.4. The van der Waals surface area contributed by atoms with Gasteiger partial charge in [-0.1, -0.05) is 6.08 Å². The molecule has 0 aliphatic heterocycles. The van der Waals surface area contributed by atoms with Crippen LogP contribution >= 0.6 is 0 Å². The van der Waals surface area contributed by atoms with Gasteiger partial charge in [0.2, 0.25) is 0 Å². The molecule has 0 rings (SSSR count). The highest BCUT2D eigenvalue weighted by atomic mass is 32.2. The maximum Gasteiger partial charge on any atom is 0.325 e. The fourth-order valence-corrected chi connectivity index (χ4v) is 1.41. The smallest absolute Gasteiger partial charge is 0.325 e. The maximum atomic E-state index is 11.1. The summed E-state index contributed by atoms with van der Waals surface area (Å²) in [6, 6.07) is 0. The Labute approximate surface area is 71.8 Å². The van der Waals surface area contributed by atoms with Gasteiger partial charge in [0, 0.05) is 6.26 Å². The second kappa shape index (κ2) is 3.26. The number of aliphatic carboxylic acids is 1. The van der Waals surface area contributed by atoms with Gasteiger partial charge in [-0.3, -0.25) is 4.79 Å². The number of carboxylic acid groups (broad SMARTS) is 1. The van der Waals surface area contributed by atoms with E-state index < -0.39 is 20.6 Å². The fraction of sp³-hybridized carbons (Fsp3) is 0.571. The third kappa shape index (κ3) is 1.85. The molecule has 0 spiro atoms. The topological polar surface area (TPSA) is 71.4 Å². The zero-order chi connectivity index (χ0) is 9.99. The number of rotatable bonds is 4. The molecular weight excluding hydrogens is 180 g/mol. The van der Waals surface area contributed by atoms with Gasteiger partial charge in [-0.2, -0.15) is 0 Å². The van der Waals surface area contributed by atoms with E-state index in [2.05, 4.69) is 6.58 Å². The van der Waals surface area contributed by atoms with E-state index in [1.165, 1.54) is 13.0 Å². The van der Waals surface area contributed by atoms with Gasteiger partial charge < -0.3 is 5.11 Å². The molecule has 12 heavy (non-hydrogen) atoms. The Bertz CT molecular complexity index is 291. The van der Waals surface area contributed by atoms with E-state index in [1.54, 1.807) is 0 Å². The first-order valence-corrected chi connectivity index (χ1v) is 5.18. The van der Waals surface area contributed by atoms with E-state index in [0.29, 0.717) is 0 Å². The van der Waals surface area contributed by atoms with E-state index in [4.69, 9.17) is 5.11 Å². The Hall–Kier alpha value is -0.840. The average Bonchev–Trinajstić information content (AvgIpc) is 1.85. The highest BCUT2D eigenvalue weighted by molar-refractivity contribution is 7.92. The summed E-state index contributed by atoms with van der Waals surface area (Å²) >= 11 is 0. The predicted octanol–water partition coefficient (Wildman–Crippen LogP) is 0.450. The molecule has 0 aliphatic carbocycles. The van der Waals surface area contributed by atoms with E-state index in [0.717, 1.165) is 6.26 Å². The van der Waals surface area contributed by atoms with Crippen LogP contribution in [0.15, 0.2) is 12.7 Å². The maximum absolute atomic E-state index is 11.1. The number of sulfone groups is 1. The van der Waals surface area contributed by atoms with Gasteiger partial charge in [0.25, 0.3) is 0 Å². The van der Waals surface area contributed by atoms with Crippen molar-refractivity contribution in [3.63, 3.8) is 0 Å². The van der Waals surface area contributed by atoms with Gasteiger partial charge in [0.1, 0.15) is 0 Å². The molecule has 70 valence electrons. The molecule has 0 bridgehead atoms. The van der Waals surface area contributed by atoms with Crippen molar-refractivity contribution in [2.24, 2.45) is 0 Å². The Kier molecular flexibility index (Phi) is 3.04. The molecule has 0 aromatic heterocycles. The molecule has 0 fully saturated rings. The van der Waals surface area contributed by atoms with Gasteiger partial charge in [-0.15, -0.1) is 6.58 Å². The van der Waals surface area contributed by atoms with Crippen LogP contribution in [0.4, 0.5) is 0 Å². The van der Waals surface area contributed by atoms with Crippen LogP contribution in [-0.4, -0.2) is 30.5 Å². The van der Waals surface area contributed by atoms with Gasteiger partial charge >= 0.3 is 5.97 Å². The summed E-state index contributed by atoms with van der Waals surface area (Å²) in [6.07, 6.45) is 2.11. The van der Waals surface area contributed by atoms with Crippen LogP contribution in [0.2, 0.25) is 0 Å². The van der Waals surface area contributed by atoms with E-state index in [9.17, 15) is 13.2 Å². The van der Waals surface area contributed by atoms with Crippen LogP contribution in [0.5, 0.6) is 0 Å². The van der Waals surface area contributed by atoms with E-state index in [1.807, 2.05) is 0 Å². The summed E-state index contributed by atoms with van der Waals surface area (Å²) in [5.41, 5.74) is 0. The second-order valence-electron chi connectivity index (χ2n) is 2.80. The third-order valence-corrected chi connectivity index (χ3v) is 3.78. The standard InChI is InChI=1S/C7H12O4S/c1-4-5-7(2,6(8)9)12(3,10)11/h4H,1,5H2,2-3H3,(H,8,9). The number of hydrogen-bond donors (Lipinski definition) is 1. The van der Waals surface area contributed by atoms with Crippen LogP contribution in [0.3, 0.4) is 0 Å². The number of allylic oxidation sites excluding steroid dienone is 1. The molecule has 0 aromatic rings. The zero-order valence-electron chi connectivity index (χ0n) is 7.07. The first-order valence-electron chi connectivity index (χ1n) is 3.29. The minimum Gasteiger partial charge on any atom is -0.480 e. The molecule has 0 radical (unpaired) electrons. The highest BCUT2D eigenvalue weighted by Crippen LogP contribution is 2.21. The molecule has 0 saturated carbocycles. The lowest BCUT2D eigenvalue weighted by atomic mass is 10.1. The molecular formula is C7H12O4S. The SMILES string of the molecule is C=CCC(C)(C(=O)O)S(C)(=O)=O. The Morgan fingerprint density at radius 3 is 2.17 bits per heavy atom. The van der Waals surface area contributed by atoms with Crippen LogP contribution in [0.1, 0.15) is 13.3 Å². The monoisotopic (exact) mass is 192 g/mol. The molecule has 4 nitrogen and oxygen atoms in total. The fourth-order valence-electron chi connectivity index (χ4n) is 0.673. The second-order valence-corrected chi connectivity index (χ2v) is 5.25. The zero-order valence-corrected chi connectivity index (χ0v) is 7.89. The molecule has 1 unspecified atom stereocenters. The lowest BCUT2D eigenvalue weighted by Gasteiger charge is -2.20. The predicted molar refractivity (Wildman–Crippen MR) is 45.7 cm³/mol. The number of hydrogen-bond acceptors (Lipinski definition) is 3. The Balaban J connectivity index is 5.15. The lowest BCUT2D eigenvalue weighted by Crippen LogP contribution is -2.42. The van der Waals surface area contributed by atoms with Crippen molar-refractivity contribution >= 4 is 15.8 Å². The Morgan fingerprint density at radius 2 is 2.08 bits per heavy atom. The minimum absolute atomic E-state index is 0.0822. The average molecular weight is 192 g/mol. The Morgan fingerprint density at radius 1 is 1.67 bits per heavy atom. The van der Waals surface area contributed by atoms with Crippen molar-refractivity contribution in [1.29, 1.82) is 0 Å². The summed E-state index contributed by atoms with van der Waals surface area (Å²) in [5, 5.41) is 8.67. The van der Waals surface area contributed by atoms with Crippen LogP contribution in [0, 0.1) is 0 Å². The molecule has 5 heteroatoms. The van der Waals surface area contributed by atoms with Crippen LogP contribution in [-0.2, 0) is 14.6 Å². The quantitative estimate of drug-likeness (QED) is 0.656. The van der Waals surface area contributed by atoms with Crippen molar-refractivity contribution in [1.82, 2.24) is 0 Å². The van der Waals surface area contributed by atoms with Crippen molar-refractivity contribution in [3.05, 3.63) is 12.7 Å². The van der Waals surface area contributed by atoms with Gasteiger partial charge in [-0.25, -0.2) is 8.42 Å². The first-order chi connectivity index (χ1) is 5.25. The van der Waals surface area contributed by atoms with Crippen LogP contribution < -0.4 is 0 Å². The highest BCUT2D eigenvalue weighted by Gasteiger charge is 2.42. The molecule has 0 saturated heterocycles. The van der Waals surface area contributed by atoms with E-state index in [-0.39, 0.29) is 6.42 Å². The summed E-state index contributed by atoms with van der Waals surface area (Å²) in [5.74, 6) is -1.34. The summed E-state index contributed by atoms with van der Waals surface area (Å²) in [6.45, 7) is 4.49. The molecule has 0 aromatic carbocycles. The van der Waals surface area contributed by atoms with Crippen molar-refractivity contribution in [3.8, 4) is 0 Å². The van der Waals surface area contributed by atoms with Gasteiger partial charge in [0.15, 0.2) is 14.6 Å². The van der Waals surface area contributed by atoms with Gasteiger partial charge in [0.05, 0.1) is 0 Å². The van der Waals surface area contributed by atoms with Gasteiger partial charge in [-0.05, 0) is 13.3 Å². The van der Waals surface area contributed by atoms with Crippen molar-refractivity contribution in [2.75, 3.05) is 6.26 Å². The molecule has 0 aliphatic rings. The third-order valence-electron chi connectivity index (χ3n) is 1.80. The molecule has 0 heterocycles. The first kappa shape index (κ1) is 11.2. The number of carboxylic acids is 1.